The van der Waals surface area contributed by atoms with Gasteiger partial charge in [0, 0.05) is 37.7 Å². The van der Waals surface area contributed by atoms with Crippen LogP contribution < -0.4 is 0 Å². The number of nitrogens with zero attached hydrogens (tertiary/aromatic N) is 2. The molecule has 4 nitrogen and oxygen atoms in total. The number of halogens is 2. The summed E-state index contributed by atoms with van der Waals surface area (Å²) >= 11 is 0. The van der Waals surface area contributed by atoms with Gasteiger partial charge in [0.05, 0.1) is 0 Å². The first kappa shape index (κ1) is 17.6. The predicted octanol–water partition coefficient (Wildman–Crippen LogP) is 3.05. The average molecular weight is 370 g/mol. The van der Waals surface area contributed by atoms with Crippen molar-refractivity contribution in [2.45, 2.75) is 12.3 Å². The molecule has 1 aliphatic heterocycles. The van der Waals surface area contributed by atoms with Crippen LogP contribution in [0.2, 0.25) is 0 Å². The Bertz CT molecular complexity index is 864. The van der Waals surface area contributed by atoms with Gasteiger partial charge in [-0.25, -0.2) is 8.78 Å². The summed E-state index contributed by atoms with van der Waals surface area (Å²) in [7, 11) is 0. The second-order valence-electron chi connectivity index (χ2n) is 7.11. The smallest absolute Gasteiger partial charge is 0.254 e. The first-order valence-corrected chi connectivity index (χ1v) is 9.12. The summed E-state index contributed by atoms with van der Waals surface area (Å²) < 4.78 is 26.4. The van der Waals surface area contributed by atoms with Gasteiger partial charge in [-0.1, -0.05) is 30.3 Å². The van der Waals surface area contributed by atoms with Crippen LogP contribution in [-0.4, -0.2) is 47.8 Å². The minimum atomic E-state index is -1.03. The van der Waals surface area contributed by atoms with Crippen molar-refractivity contribution >= 4 is 11.8 Å². The number of carbonyl (C=O) groups is 2. The molecule has 4 rings (SSSR count). The van der Waals surface area contributed by atoms with Crippen molar-refractivity contribution in [1.82, 2.24) is 9.80 Å². The molecule has 2 fully saturated rings. The highest BCUT2D eigenvalue weighted by atomic mass is 19.2. The summed E-state index contributed by atoms with van der Waals surface area (Å²) in [6.45, 7) is 1.72. The highest BCUT2D eigenvalue weighted by Gasteiger charge is 2.46. The average Bonchev–Trinajstić information content (AvgIpc) is 3.51. The lowest BCUT2D eigenvalue weighted by Gasteiger charge is -2.35. The van der Waals surface area contributed by atoms with Gasteiger partial charge in [-0.3, -0.25) is 9.59 Å². The van der Waals surface area contributed by atoms with Gasteiger partial charge in [0.25, 0.3) is 5.91 Å². The van der Waals surface area contributed by atoms with Crippen LogP contribution in [0.5, 0.6) is 0 Å². The van der Waals surface area contributed by atoms with Gasteiger partial charge >= 0.3 is 0 Å². The van der Waals surface area contributed by atoms with Crippen molar-refractivity contribution in [1.29, 1.82) is 0 Å². The Labute approximate surface area is 156 Å². The lowest BCUT2D eigenvalue weighted by atomic mass is 10.1. The highest BCUT2D eigenvalue weighted by molar-refractivity contribution is 5.94. The quantitative estimate of drug-likeness (QED) is 0.833. The van der Waals surface area contributed by atoms with Crippen molar-refractivity contribution in [2.24, 2.45) is 5.92 Å². The molecule has 2 aliphatic rings. The fourth-order valence-electron chi connectivity index (χ4n) is 3.71. The molecule has 1 saturated heterocycles. The van der Waals surface area contributed by atoms with Crippen LogP contribution in [0, 0.1) is 17.6 Å². The molecule has 0 bridgehead atoms. The van der Waals surface area contributed by atoms with Gasteiger partial charge in [0.15, 0.2) is 11.6 Å². The second-order valence-corrected chi connectivity index (χ2v) is 7.11. The molecular formula is C21H20F2N2O2. The molecule has 2 aromatic rings. The molecule has 140 valence electrons. The van der Waals surface area contributed by atoms with Crippen molar-refractivity contribution in [2.75, 3.05) is 26.2 Å². The first-order valence-electron chi connectivity index (χ1n) is 9.12. The molecule has 2 amide bonds. The molecule has 1 aliphatic carbocycles. The van der Waals surface area contributed by atoms with E-state index in [0.717, 1.165) is 18.6 Å². The van der Waals surface area contributed by atoms with Crippen LogP contribution in [0.4, 0.5) is 8.78 Å². The summed E-state index contributed by atoms with van der Waals surface area (Å²) in [5, 5.41) is 0. The van der Waals surface area contributed by atoms with Crippen LogP contribution >= 0.6 is 0 Å². The Balaban J connectivity index is 1.33. The molecule has 2 aromatic carbocycles. The SMILES string of the molecule is O=C(c1ccc(F)c(F)c1)N1CCN(C(=O)C2CC2c2ccccc2)CC1. The Hall–Kier alpha value is -2.76. The lowest BCUT2D eigenvalue weighted by Crippen LogP contribution is -2.51. The third-order valence-electron chi connectivity index (χ3n) is 5.38. The molecule has 0 spiro atoms. The number of benzene rings is 2. The Kier molecular flexibility index (Phi) is 4.64. The van der Waals surface area contributed by atoms with E-state index < -0.39 is 11.6 Å². The number of rotatable bonds is 3. The highest BCUT2D eigenvalue weighted by Crippen LogP contribution is 2.48. The Morgan fingerprint density at radius 1 is 0.852 bits per heavy atom. The molecule has 6 heteroatoms. The van der Waals surface area contributed by atoms with Gasteiger partial charge in [-0.15, -0.1) is 0 Å². The number of amides is 2. The molecule has 0 N–H and O–H groups in total. The van der Waals surface area contributed by atoms with Gasteiger partial charge in [0.2, 0.25) is 5.91 Å². The molecule has 1 heterocycles. The van der Waals surface area contributed by atoms with Gasteiger partial charge < -0.3 is 9.80 Å². The third kappa shape index (κ3) is 3.56. The summed E-state index contributed by atoms with van der Waals surface area (Å²) in [6.07, 6.45) is 0.872. The van der Waals surface area contributed by atoms with Crippen molar-refractivity contribution in [3.05, 3.63) is 71.3 Å². The standard InChI is InChI=1S/C21H20F2N2O2/c22-18-7-6-15(12-19(18)23)20(26)24-8-10-25(11-9-24)21(27)17-13-16(17)14-4-2-1-3-5-14/h1-7,12,16-17H,8-11,13H2. The van der Waals surface area contributed by atoms with Gasteiger partial charge in [-0.2, -0.15) is 0 Å². The van der Waals surface area contributed by atoms with Crippen LogP contribution in [-0.2, 0) is 4.79 Å². The van der Waals surface area contributed by atoms with Crippen LogP contribution in [0.25, 0.3) is 0 Å². The van der Waals surface area contributed by atoms with Crippen LogP contribution in [0.15, 0.2) is 48.5 Å². The number of hydrogen-bond donors (Lipinski definition) is 0. The maximum Gasteiger partial charge on any atom is 0.254 e. The zero-order valence-corrected chi connectivity index (χ0v) is 14.8. The summed E-state index contributed by atoms with van der Waals surface area (Å²) in [5.41, 5.74) is 1.32. The minimum Gasteiger partial charge on any atom is -0.339 e. The van der Waals surface area contributed by atoms with Crippen molar-refractivity contribution in [3.8, 4) is 0 Å². The molecule has 1 saturated carbocycles. The number of hydrogen-bond acceptors (Lipinski definition) is 2. The van der Waals surface area contributed by atoms with E-state index in [2.05, 4.69) is 12.1 Å². The molecule has 27 heavy (non-hydrogen) atoms. The molecule has 0 aromatic heterocycles. The summed E-state index contributed by atoms with van der Waals surface area (Å²) in [4.78, 5) is 28.5. The molecule has 2 unspecified atom stereocenters. The minimum absolute atomic E-state index is 0.0286. The van der Waals surface area contributed by atoms with E-state index in [1.165, 1.54) is 11.6 Å². The summed E-state index contributed by atoms with van der Waals surface area (Å²) in [5.74, 6) is -1.88. The maximum atomic E-state index is 13.3. The molecule has 2 atom stereocenters. The van der Waals surface area contributed by atoms with E-state index in [9.17, 15) is 18.4 Å². The molecule has 0 radical (unpaired) electrons. The van der Waals surface area contributed by atoms with Gasteiger partial charge in [0.1, 0.15) is 0 Å². The monoisotopic (exact) mass is 370 g/mol. The number of piperazine rings is 1. The number of carbonyl (C=O) groups excluding carboxylic acids is 2. The van der Waals surface area contributed by atoms with E-state index in [-0.39, 0.29) is 23.3 Å². The van der Waals surface area contributed by atoms with Gasteiger partial charge in [-0.05, 0) is 36.1 Å². The normalized spacial score (nSPS) is 21.9. The predicted molar refractivity (Wildman–Crippen MR) is 96.1 cm³/mol. The van der Waals surface area contributed by atoms with E-state index in [1.807, 2.05) is 23.1 Å². The fourth-order valence-corrected chi connectivity index (χ4v) is 3.71. The topological polar surface area (TPSA) is 40.6 Å². The van der Waals surface area contributed by atoms with E-state index in [4.69, 9.17) is 0 Å². The lowest BCUT2D eigenvalue weighted by molar-refractivity contribution is -0.134. The van der Waals surface area contributed by atoms with E-state index in [1.54, 1.807) is 4.90 Å². The van der Waals surface area contributed by atoms with Crippen LogP contribution in [0.1, 0.15) is 28.3 Å². The Morgan fingerprint density at radius 2 is 1.52 bits per heavy atom. The van der Waals surface area contributed by atoms with Crippen molar-refractivity contribution in [3.63, 3.8) is 0 Å². The largest absolute Gasteiger partial charge is 0.339 e. The van der Waals surface area contributed by atoms with E-state index in [0.29, 0.717) is 32.1 Å². The molecular weight excluding hydrogens is 350 g/mol. The zero-order chi connectivity index (χ0) is 19.0. The fraction of sp³-hybridized carbons (Fsp3) is 0.333. The summed E-state index contributed by atoms with van der Waals surface area (Å²) in [6, 6.07) is 13.2. The Morgan fingerprint density at radius 3 is 2.19 bits per heavy atom. The maximum absolute atomic E-state index is 13.3. The van der Waals surface area contributed by atoms with Crippen LogP contribution in [0.3, 0.4) is 0 Å². The van der Waals surface area contributed by atoms with E-state index >= 15 is 0 Å². The third-order valence-corrected chi connectivity index (χ3v) is 5.38. The van der Waals surface area contributed by atoms with Crippen molar-refractivity contribution < 1.29 is 18.4 Å². The second kappa shape index (κ2) is 7.10. The first-order chi connectivity index (χ1) is 13.0. The zero-order valence-electron chi connectivity index (χ0n) is 14.8.